The highest BCUT2D eigenvalue weighted by Crippen LogP contribution is 2.34. The van der Waals surface area contributed by atoms with Crippen molar-refractivity contribution in [2.24, 2.45) is 0 Å². The predicted molar refractivity (Wildman–Crippen MR) is 45.1 cm³/mol. The van der Waals surface area contributed by atoms with Crippen LogP contribution < -0.4 is 5.30 Å². The van der Waals surface area contributed by atoms with Crippen LogP contribution in [0.25, 0.3) is 0 Å². The molecule has 0 fully saturated rings. The van der Waals surface area contributed by atoms with Crippen molar-refractivity contribution in [3.05, 3.63) is 29.8 Å². The fraction of sp³-hybridized carbons (Fsp3) is 0. The second-order valence-electron chi connectivity index (χ2n) is 2.37. The summed E-state index contributed by atoms with van der Waals surface area (Å²) in [7, 11) is -4.49. The van der Waals surface area contributed by atoms with E-state index >= 15 is 0 Å². The van der Waals surface area contributed by atoms with Gasteiger partial charge in [-0.2, -0.15) is 0 Å². The average Bonchev–Trinajstić information content (AvgIpc) is 2.03. The highest BCUT2D eigenvalue weighted by atomic mass is 31.2. The topological polar surface area (TPSA) is 94.8 Å². The van der Waals surface area contributed by atoms with Crippen molar-refractivity contribution >= 4 is 18.9 Å². The van der Waals surface area contributed by atoms with E-state index in [-0.39, 0.29) is 5.56 Å². The first kappa shape index (κ1) is 9.92. The molecule has 0 spiro atoms. The molecule has 0 saturated carbocycles. The Morgan fingerprint density at radius 3 is 2.15 bits per heavy atom. The third-order valence-corrected chi connectivity index (χ3v) is 2.47. The molecule has 6 heteroatoms. The van der Waals surface area contributed by atoms with Gasteiger partial charge in [0.1, 0.15) is 0 Å². The summed E-state index contributed by atoms with van der Waals surface area (Å²) in [5.41, 5.74) is -0.365. The normalized spacial score (nSPS) is 11.2. The van der Waals surface area contributed by atoms with Crippen LogP contribution >= 0.6 is 7.60 Å². The van der Waals surface area contributed by atoms with E-state index in [2.05, 4.69) is 0 Å². The molecule has 13 heavy (non-hydrogen) atoms. The van der Waals surface area contributed by atoms with Crippen LogP contribution in [0.1, 0.15) is 10.4 Å². The lowest BCUT2D eigenvalue weighted by atomic mass is 10.2. The lowest BCUT2D eigenvalue weighted by molar-refractivity contribution is 0.0697. The van der Waals surface area contributed by atoms with Crippen molar-refractivity contribution in [3.8, 4) is 0 Å². The van der Waals surface area contributed by atoms with Crippen molar-refractivity contribution in [1.29, 1.82) is 0 Å². The van der Waals surface area contributed by atoms with E-state index in [1.54, 1.807) is 0 Å². The third kappa shape index (κ3) is 2.15. The fourth-order valence-electron chi connectivity index (χ4n) is 0.908. The van der Waals surface area contributed by atoms with Crippen LogP contribution in [0.5, 0.6) is 0 Å². The van der Waals surface area contributed by atoms with E-state index in [9.17, 15) is 9.36 Å². The summed E-state index contributed by atoms with van der Waals surface area (Å²) in [5.74, 6) is -1.35. The van der Waals surface area contributed by atoms with Gasteiger partial charge in [0, 0.05) is 0 Å². The average molecular weight is 202 g/mol. The Morgan fingerprint density at radius 2 is 1.77 bits per heavy atom. The van der Waals surface area contributed by atoms with Crippen molar-refractivity contribution in [2.45, 2.75) is 0 Å². The second kappa shape index (κ2) is 3.30. The Labute approximate surface area is 73.8 Å². The van der Waals surface area contributed by atoms with Crippen molar-refractivity contribution in [3.63, 3.8) is 0 Å². The summed E-state index contributed by atoms with van der Waals surface area (Å²) in [5, 5.41) is 8.13. The molecule has 0 aliphatic rings. The van der Waals surface area contributed by atoms with Gasteiger partial charge in [0.25, 0.3) is 0 Å². The number of hydrogen-bond donors (Lipinski definition) is 3. The van der Waals surface area contributed by atoms with E-state index < -0.39 is 18.9 Å². The van der Waals surface area contributed by atoms with Gasteiger partial charge in [0.15, 0.2) is 0 Å². The highest BCUT2D eigenvalue weighted by Gasteiger charge is 2.23. The summed E-state index contributed by atoms with van der Waals surface area (Å²) in [6, 6.07) is 5.03. The SMILES string of the molecule is O=C(O)c1ccccc1P(=O)(O)O. The van der Waals surface area contributed by atoms with E-state index in [4.69, 9.17) is 14.9 Å². The van der Waals surface area contributed by atoms with Gasteiger partial charge in [-0.25, -0.2) is 4.79 Å². The molecule has 0 amide bonds. The van der Waals surface area contributed by atoms with E-state index in [1.807, 2.05) is 0 Å². The molecular weight excluding hydrogens is 195 g/mol. The molecule has 1 aromatic carbocycles. The zero-order valence-electron chi connectivity index (χ0n) is 6.41. The van der Waals surface area contributed by atoms with Gasteiger partial charge in [-0.15, -0.1) is 0 Å². The van der Waals surface area contributed by atoms with Gasteiger partial charge in [-0.1, -0.05) is 12.1 Å². The van der Waals surface area contributed by atoms with E-state index in [1.165, 1.54) is 12.1 Å². The summed E-state index contributed by atoms with van der Waals surface area (Å²) in [6.07, 6.45) is 0. The van der Waals surface area contributed by atoms with Gasteiger partial charge < -0.3 is 14.9 Å². The molecule has 0 heterocycles. The van der Waals surface area contributed by atoms with Crippen LogP contribution in [0.3, 0.4) is 0 Å². The second-order valence-corrected chi connectivity index (χ2v) is 3.94. The number of benzene rings is 1. The summed E-state index contributed by atoms with van der Waals surface area (Å²) in [6.45, 7) is 0. The number of carboxylic acid groups (broad SMARTS) is 1. The molecule has 0 atom stereocenters. The molecule has 1 aromatic rings. The third-order valence-electron chi connectivity index (χ3n) is 1.45. The Balaban J connectivity index is 3.37. The van der Waals surface area contributed by atoms with Crippen LogP contribution in [0.4, 0.5) is 0 Å². The Bertz CT molecular complexity index is 380. The molecule has 0 unspecified atom stereocenters. The number of carboxylic acids is 1. The van der Waals surface area contributed by atoms with Gasteiger partial charge in [-0.05, 0) is 12.1 Å². The summed E-state index contributed by atoms with van der Waals surface area (Å²) in [4.78, 5) is 28.1. The lowest BCUT2D eigenvalue weighted by Gasteiger charge is -2.06. The minimum atomic E-state index is -4.49. The Morgan fingerprint density at radius 1 is 1.23 bits per heavy atom. The maximum atomic E-state index is 10.8. The van der Waals surface area contributed by atoms with Crippen LogP contribution in [-0.2, 0) is 4.57 Å². The Hall–Kier alpha value is -1.16. The summed E-state index contributed by atoms with van der Waals surface area (Å²) >= 11 is 0. The monoisotopic (exact) mass is 202 g/mol. The zero-order chi connectivity index (χ0) is 10.1. The number of hydrogen-bond acceptors (Lipinski definition) is 2. The lowest BCUT2D eigenvalue weighted by Crippen LogP contribution is -2.15. The first-order chi connectivity index (χ1) is 5.93. The quantitative estimate of drug-likeness (QED) is 0.595. The first-order valence-electron chi connectivity index (χ1n) is 3.31. The van der Waals surface area contributed by atoms with E-state index in [0.29, 0.717) is 0 Å². The molecule has 0 aliphatic heterocycles. The van der Waals surface area contributed by atoms with Crippen LogP contribution in [-0.4, -0.2) is 20.9 Å². The van der Waals surface area contributed by atoms with Crippen molar-refractivity contribution in [2.75, 3.05) is 0 Å². The largest absolute Gasteiger partial charge is 0.478 e. The van der Waals surface area contributed by atoms with Crippen molar-refractivity contribution < 1.29 is 24.3 Å². The van der Waals surface area contributed by atoms with Gasteiger partial charge in [0.05, 0.1) is 10.9 Å². The Kier molecular flexibility index (Phi) is 2.52. The van der Waals surface area contributed by atoms with Crippen molar-refractivity contribution in [1.82, 2.24) is 0 Å². The highest BCUT2D eigenvalue weighted by molar-refractivity contribution is 7.60. The minimum Gasteiger partial charge on any atom is -0.478 e. The maximum Gasteiger partial charge on any atom is 0.357 e. The molecule has 5 nitrogen and oxygen atoms in total. The fourth-order valence-corrected chi connectivity index (χ4v) is 1.67. The maximum absolute atomic E-state index is 10.8. The molecular formula is C7H7O5P. The first-order valence-corrected chi connectivity index (χ1v) is 4.92. The number of carbonyl (C=O) groups is 1. The molecule has 1 rings (SSSR count). The molecule has 3 N–H and O–H groups in total. The molecule has 0 aromatic heterocycles. The van der Waals surface area contributed by atoms with Gasteiger partial charge >= 0.3 is 13.6 Å². The predicted octanol–water partition coefficient (Wildman–Crippen LogP) is 0.188. The smallest absolute Gasteiger partial charge is 0.357 e. The number of rotatable bonds is 2. The molecule has 0 bridgehead atoms. The summed E-state index contributed by atoms with van der Waals surface area (Å²) < 4.78 is 10.8. The van der Waals surface area contributed by atoms with E-state index in [0.717, 1.165) is 12.1 Å². The minimum absolute atomic E-state index is 0.365. The standard InChI is InChI=1S/C7H7O5P/c8-7(9)5-3-1-2-4-6(5)13(10,11)12/h1-4H,(H,8,9)(H2,10,11,12). The molecule has 0 saturated heterocycles. The van der Waals surface area contributed by atoms with Crippen LogP contribution in [0, 0.1) is 0 Å². The molecule has 0 radical (unpaired) electrons. The van der Waals surface area contributed by atoms with Crippen LogP contribution in [0.15, 0.2) is 24.3 Å². The van der Waals surface area contributed by atoms with Gasteiger partial charge in [-0.3, -0.25) is 4.57 Å². The van der Waals surface area contributed by atoms with Crippen LogP contribution in [0.2, 0.25) is 0 Å². The van der Waals surface area contributed by atoms with Gasteiger partial charge in [0.2, 0.25) is 0 Å². The number of aromatic carboxylic acids is 1. The zero-order valence-corrected chi connectivity index (χ0v) is 7.31. The molecule has 70 valence electrons. The molecule has 0 aliphatic carbocycles.